The normalized spacial score (nSPS) is 14.0. The lowest BCUT2D eigenvalue weighted by atomic mass is 10.0. The van der Waals surface area contributed by atoms with Crippen LogP contribution in [0.2, 0.25) is 0 Å². The Morgan fingerprint density at radius 1 is 1.27 bits per heavy atom. The summed E-state index contributed by atoms with van der Waals surface area (Å²) < 4.78 is 39.1. The van der Waals surface area contributed by atoms with Gasteiger partial charge in [0.05, 0.1) is 11.7 Å². The average molecular weight is 315 g/mol. The van der Waals surface area contributed by atoms with E-state index in [4.69, 9.17) is 0 Å². The molecule has 0 aliphatic heterocycles. The van der Waals surface area contributed by atoms with Gasteiger partial charge in [-0.3, -0.25) is 4.79 Å². The monoisotopic (exact) mass is 315 g/mol. The molecule has 6 heteroatoms. The van der Waals surface area contributed by atoms with Crippen LogP contribution in [0.25, 0.3) is 5.57 Å². The van der Waals surface area contributed by atoms with E-state index in [1.165, 1.54) is 24.3 Å². The third-order valence-electron chi connectivity index (χ3n) is 3.17. The molecule has 122 valence electrons. The molecule has 0 fully saturated rings. The van der Waals surface area contributed by atoms with Crippen LogP contribution in [0.3, 0.4) is 0 Å². The molecular weight excluding hydrogens is 295 g/mol. The van der Waals surface area contributed by atoms with Crippen LogP contribution in [-0.4, -0.2) is 29.8 Å². The van der Waals surface area contributed by atoms with E-state index in [2.05, 4.69) is 5.32 Å². The zero-order valence-electron chi connectivity index (χ0n) is 12.5. The molecule has 1 atom stereocenters. The van der Waals surface area contributed by atoms with E-state index in [9.17, 15) is 23.1 Å². The molecule has 1 aromatic rings. The first kappa shape index (κ1) is 18.2. The van der Waals surface area contributed by atoms with Crippen molar-refractivity contribution in [1.82, 2.24) is 5.32 Å². The first-order valence-corrected chi connectivity index (χ1v) is 7.02. The van der Waals surface area contributed by atoms with Crippen molar-refractivity contribution in [3.05, 3.63) is 42.0 Å². The van der Waals surface area contributed by atoms with Crippen LogP contribution < -0.4 is 5.32 Å². The van der Waals surface area contributed by atoms with Crippen molar-refractivity contribution in [2.45, 2.75) is 32.5 Å². The van der Waals surface area contributed by atoms with Crippen LogP contribution in [0.5, 0.6) is 0 Å². The van der Waals surface area contributed by atoms with Crippen molar-refractivity contribution in [2.24, 2.45) is 5.92 Å². The molecule has 1 amide bonds. The van der Waals surface area contributed by atoms with Crippen molar-refractivity contribution < 1.29 is 23.1 Å². The van der Waals surface area contributed by atoms with Crippen LogP contribution in [0, 0.1) is 5.92 Å². The summed E-state index contributed by atoms with van der Waals surface area (Å²) in [6, 6.07) is 7.16. The average Bonchev–Trinajstić information content (AvgIpc) is 2.44. The number of allylic oxidation sites excluding steroid dienone is 1. The highest BCUT2D eigenvalue weighted by Gasteiger charge is 2.35. The summed E-state index contributed by atoms with van der Waals surface area (Å²) in [5.41, 5.74) is -1.05. The number of aliphatic hydroxyl groups is 1. The molecule has 0 spiro atoms. The summed E-state index contributed by atoms with van der Waals surface area (Å²) in [7, 11) is 0. The smallest absolute Gasteiger partial charge is 0.393 e. The molecule has 0 heterocycles. The van der Waals surface area contributed by atoms with E-state index in [1.54, 1.807) is 6.07 Å². The minimum Gasteiger partial charge on any atom is -0.393 e. The highest BCUT2D eigenvalue weighted by molar-refractivity contribution is 5.96. The number of amides is 1. The predicted molar refractivity (Wildman–Crippen MR) is 78.9 cm³/mol. The molecule has 0 aliphatic carbocycles. The molecule has 1 unspecified atom stereocenters. The van der Waals surface area contributed by atoms with Gasteiger partial charge in [0.25, 0.3) is 0 Å². The summed E-state index contributed by atoms with van der Waals surface area (Å²) in [6.45, 7) is 3.77. The molecule has 0 aromatic heterocycles. The summed E-state index contributed by atoms with van der Waals surface area (Å²) in [5, 5.41) is 11.9. The van der Waals surface area contributed by atoms with Crippen LogP contribution in [0.15, 0.2) is 36.4 Å². The number of aliphatic hydroxyl groups excluding tert-OH is 1. The van der Waals surface area contributed by atoms with Gasteiger partial charge in [-0.25, -0.2) is 0 Å². The summed E-state index contributed by atoms with van der Waals surface area (Å²) in [5.74, 6) is -0.797. The van der Waals surface area contributed by atoms with Crippen molar-refractivity contribution in [3.8, 4) is 0 Å². The fourth-order valence-electron chi connectivity index (χ4n) is 1.81. The van der Waals surface area contributed by atoms with Gasteiger partial charge in [-0.1, -0.05) is 44.2 Å². The number of nitrogens with one attached hydrogen (secondary N) is 1. The molecule has 0 saturated carbocycles. The fraction of sp³-hybridized carbons (Fsp3) is 0.438. The second-order valence-electron chi connectivity index (χ2n) is 5.31. The van der Waals surface area contributed by atoms with Crippen LogP contribution in [0.4, 0.5) is 13.2 Å². The highest BCUT2D eigenvalue weighted by atomic mass is 19.4. The van der Waals surface area contributed by atoms with Gasteiger partial charge >= 0.3 is 6.18 Å². The van der Waals surface area contributed by atoms with Gasteiger partial charge < -0.3 is 10.4 Å². The Labute approximate surface area is 127 Å². The molecule has 1 aromatic carbocycles. The van der Waals surface area contributed by atoms with Crippen molar-refractivity contribution in [2.75, 3.05) is 6.54 Å². The Morgan fingerprint density at radius 3 is 2.36 bits per heavy atom. The molecule has 1 rings (SSSR count). The quantitative estimate of drug-likeness (QED) is 0.792. The third kappa shape index (κ3) is 5.89. The summed E-state index contributed by atoms with van der Waals surface area (Å²) >= 11 is 0. The Kier molecular flexibility index (Phi) is 6.61. The maximum absolute atomic E-state index is 13.0. The van der Waals surface area contributed by atoms with Crippen LogP contribution in [0.1, 0.15) is 25.8 Å². The number of hydrogen-bond donors (Lipinski definition) is 2. The maximum atomic E-state index is 13.0. The van der Waals surface area contributed by atoms with Crippen LogP contribution >= 0.6 is 0 Å². The van der Waals surface area contributed by atoms with Gasteiger partial charge in [0.1, 0.15) is 0 Å². The number of benzene rings is 1. The zero-order valence-corrected chi connectivity index (χ0v) is 12.5. The Hall–Kier alpha value is -1.82. The van der Waals surface area contributed by atoms with E-state index in [-0.39, 0.29) is 18.0 Å². The van der Waals surface area contributed by atoms with Crippen LogP contribution in [-0.2, 0) is 4.79 Å². The Balaban J connectivity index is 2.75. The van der Waals surface area contributed by atoms with Gasteiger partial charge in [0.15, 0.2) is 0 Å². The van der Waals surface area contributed by atoms with E-state index in [1.807, 2.05) is 13.8 Å². The van der Waals surface area contributed by atoms with Gasteiger partial charge in [0.2, 0.25) is 5.91 Å². The number of alkyl halides is 3. The summed E-state index contributed by atoms with van der Waals surface area (Å²) in [4.78, 5) is 11.7. The third-order valence-corrected chi connectivity index (χ3v) is 3.17. The molecular formula is C16H20F3NO2. The molecule has 0 bridgehead atoms. The molecule has 0 saturated heterocycles. The first-order valence-electron chi connectivity index (χ1n) is 7.02. The standard InChI is InChI=1S/C16H20F3NO2/c1-11(2)14(21)8-9-20-15(22)10-13(16(17,18)19)12-6-4-3-5-7-12/h3-7,10-11,14,21H,8-9H2,1-2H3,(H,20,22). The second kappa shape index (κ2) is 7.98. The van der Waals surface area contributed by atoms with Gasteiger partial charge in [-0.05, 0) is 17.9 Å². The lowest BCUT2D eigenvalue weighted by Crippen LogP contribution is -2.28. The summed E-state index contributed by atoms with van der Waals surface area (Å²) in [6.07, 6.45) is -4.36. The highest BCUT2D eigenvalue weighted by Crippen LogP contribution is 2.33. The number of carbonyl (C=O) groups excluding carboxylic acids is 1. The minimum atomic E-state index is -4.61. The molecule has 0 radical (unpaired) electrons. The Bertz CT molecular complexity index is 510. The molecule has 2 N–H and O–H groups in total. The Morgan fingerprint density at radius 2 is 1.86 bits per heavy atom. The number of rotatable bonds is 6. The molecule has 0 aliphatic rings. The molecule has 22 heavy (non-hydrogen) atoms. The predicted octanol–water partition coefficient (Wildman–Crippen LogP) is 3.16. The lowest BCUT2D eigenvalue weighted by Gasteiger charge is -2.15. The topological polar surface area (TPSA) is 49.3 Å². The van der Waals surface area contributed by atoms with E-state index < -0.39 is 23.8 Å². The number of hydrogen-bond acceptors (Lipinski definition) is 2. The van der Waals surface area contributed by atoms with Crippen molar-refractivity contribution in [3.63, 3.8) is 0 Å². The first-order chi connectivity index (χ1) is 10.2. The van der Waals surface area contributed by atoms with Gasteiger partial charge in [-0.2, -0.15) is 13.2 Å². The maximum Gasteiger partial charge on any atom is 0.417 e. The van der Waals surface area contributed by atoms with E-state index in [0.29, 0.717) is 12.5 Å². The van der Waals surface area contributed by atoms with Gasteiger partial charge in [-0.15, -0.1) is 0 Å². The van der Waals surface area contributed by atoms with E-state index in [0.717, 1.165) is 0 Å². The fourth-order valence-corrected chi connectivity index (χ4v) is 1.81. The molecule has 3 nitrogen and oxygen atoms in total. The van der Waals surface area contributed by atoms with Crippen molar-refractivity contribution in [1.29, 1.82) is 0 Å². The SMILES string of the molecule is CC(C)C(O)CCNC(=O)C=C(c1ccccc1)C(F)(F)F. The number of halogens is 3. The number of carbonyl (C=O) groups is 1. The zero-order chi connectivity index (χ0) is 16.8. The largest absolute Gasteiger partial charge is 0.417 e. The van der Waals surface area contributed by atoms with Gasteiger partial charge in [0, 0.05) is 12.6 Å². The lowest BCUT2D eigenvalue weighted by molar-refractivity contribution is -0.117. The minimum absolute atomic E-state index is 0.0301. The second-order valence-corrected chi connectivity index (χ2v) is 5.31. The van der Waals surface area contributed by atoms with E-state index >= 15 is 0 Å². The van der Waals surface area contributed by atoms with Crippen molar-refractivity contribution >= 4 is 11.5 Å².